The molecule has 0 aromatic rings. The summed E-state index contributed by atoms with van der Waals surface area (Å²) in [6.45, 7) is 10.2. The smallest absolute Gasteiger partial charge is 0.243 e. The van der Waals surface area contributed by atoms with Gasteiger partial charge < -0.3 is 131 Å². The third kappa shape index (κ3) is 40.6. The number of nitrogens with two attached hydrogens (primary N) is 9. The molecule has 4 aliphatic rings. The highest BCUT2D eigenvalue weighted by Gasteiger charge is 2.39. The Bertz CT molecular complexity index is 2900. The van der Waals surface area contributed by atoms with E-state index in [0.717, 1.165) is 77.0 Å². The zero-order valence-corrected chi connectivity index (χ0v) is 71.4. The Morgan fingerprint density at radius 3 is 0.842 bits per heavy atom. The summed E-state index contributed by atoms with van der Waals surface area (Å²) in [6, 6.07) is -13.1. The maximum atomic E-state index is 14.5. The van der Waals surface area contributed by atoms with E-state index >= 15 is 0 Å². The third-order valence-electron chi connectivity index (χ3n) is 22.2. The number of carbonyl (C=O) groups is 12. The Labute approximate surface area is 707 Å². The van der Waals surface area contributed by atoms with Crippen molar-refractivity contribution in [2.24, 2.45) is 51.6 Å². The number of hydrogen-bond donors (Lipinski definition) is 27. The van der Waals surface area contributed by atoms with Gasteiger partial charge in [0.15, 0.2) is 17.9 Å². The summed E-state index contributed by atoms with van der Waals surface area (Å²) in [5.41, 5.74) is 53.1. The minimum Gasteiger partial charge on any atom is -0.370 e. The maximum Gasteiger partial charge on any atom is 0.243 e. The van der Waals surface area contributed by atoms with Crippen LogP contribution in [0, 0.1) is 16.2 Å². The van der Waals surface area contributed by atoms with Crippen LogP contribution in [0.1, 0.15) is 213 Å². The molecule has 4 saturated heterocycles. The number of unbranched alkanes of at least 4 members (excludes halogenated alkanes) is 6. The van der Waals surface area contributed by atoms with Crippen LogP contribution < -0.4 is 131 Å². The van der Waals surface area contributed by atoms with Gasteiger partial charge >= 0.3 is 0 Å². The van der Waals surface area contributed by atoms with Crippen molar-refractivity contribution in [2.75, 3.05) is 98.2 Å². The van der Waals surface area contributed by atoms with Crippen molar-refractivity contribution in [1.29, 1.82) is 16.2 Å². The zero-order valence-electron chi connectivity index (χ0n) is 71.4. The molecule has 0 aliphatic carbocycles. The van der Waals surface area contributed by atoms with Crippen LogP contribution in [0.5, 0.6) is 0 Å². The van der Waals surface area contributed by atoms with E-state index in [0.29, 0.717) is 97.4 Å². The molecule has 15 atom stereocenters. The standard InChI is InChI=1S/C78H150N30O12/c1-49-64(109)100-59(26-8-14-38-92-68(113)56(29-17-41-95-77(87)88)104-74(119)62-32-20-44-107(62)47-53(83)23-5-11-35-80)71(116)98-51(3)66(111)102-60(27-9-15-39-93-69(114)57(30-18-42-96-78(89)90)105-75(120)63-33-21-45-108(63)48-54(84)24-6-12-36-81)72(117)99-50(2)65(110)101-58(70(115)97-49)25-7-13-37-91-67(112)55(28-16-40-94-76(85)86)103-73(118)61-31-19-43-106(61)46-52(82)22-4-10-34-79/h49-63H,4-48,79-84H2,1-3H3,(H,91,112)(H,92,113)(H,93,114)(H,97,115)(H,98,116)(H,99,117)(H,100,109)(H,101,110)(H,102,111)(H,103,118)(H,104,119)(H,105,120)(H4,85,86,94)(H4,87,88,95)(H4,89,90,96)/t49-,50-,51-,52+,53+,54+,55+,56+,57+,58+,59+,60+,61+,62+,63+/m1/s1. The second-order valence-electron chi connectivity index (χ2n) is 32.5. The fourth-order valence-electron chi connectivity index (χ4n) is 15.3. The second kappa shape index (κ2) is 58.2. The minimum absolute atomic E-state index is 0.0600. The van der Waals surface area contributed by atoms with Crippen LogP contribution in [0.25, 0.3) is 0 Å². The van der Waals surface area contributed by atoms with Crippen molar-refractivity contribution in [2.45, 2.75) is 304 Å². The molecule has 0 spiro atoms. The molecule has 0 unspecified atom stereocenters. The zero-order chi connectivity index (χ0) is 88.5. The van der Waals surface area contributed by atoms with E-state index in [1.807, 2.05) is 14.7 Å². The highest BCUT2D eigenvalue weighted by Crippen LogP contribution is 2.23. The van der Waals surface area contributed by atoms with Crippen LogP contribution in [-0.4, -0.2) is 292 Å². The molecule has 42 heteroatoms. The Morgan fingerprint density at radius 1 is 0.350 bits per heavy atom. The Hall–Kier alpha value is -8.91. The topological polar surface area (TPSA) is 701 Å². The van der Waals surface area contributed by atoms with E-state index in [1.165, 1.54) is 20.8 Å². The predicted molar refractivity (Wildman–Crippen MR) is 459 cm³/mol. The molecule has 120 heavy (non-hydrogen) atoms. The Morgan fingerprint density at radius 2 is 0.600 bits per heavy atom. The van der Waals surface area contributed by atoms with Gasteiger partial charge in [-0.1, -0.05) is 19.3 Å². The summed E-state index contributed by atoms with van der Waals surface area (Å²) >= 11 is 0. The molecule has 684 valence electrons. The molecule has 4 heterocycles. The second-order valence-corrected chi connectivity index (χ2v) is 32.5. The van der Waals surface area contributed by atoms with E-state index < -0.39 is 126 Å². The Balaban J connectivity index is 1.56. The fraction of sp³-hybridized carbons (Fsp3) is 0.808. The summed E-state index contributed by atoms with van der Waals surface area (Å²) in [5.74, 6) is -8.09. The summed E-state index contributed by atoms with van der Waals surface area (Å²) in [5, 5.41) is 64.5. The van der Waals surface area contributed by atoms with Gasteiger partial charge in [-0.15, -0.1) is 0 Å². The van der Waals surface area contributed by atoms with E-state index in [-0.39, 0.29) is 170 Å². The number of guanidine groups is 3. The lowest BCUT2D eigenvalue weighted by atomic mass is 10.0. The maximum absolute atomic E-state index is 14.5. The highest BCUT2D eigenvalue weighted by atomic mass is 16.2. The Kier molecular flexibility index (Phi) is 50.1. The van der Waals surface area contributed by atoms with Gasteiger partial charge in [0, 0.05) is 77.0 Å². The minimum atomic E-state index is -1.36. The molecule has 36 N–H and O–H groups in total. The van der Waals surface area contributed by atoms with Gasteiger partial charge in [0.2, 0.25) is 70.9 Å². The monoisotopic (exact) mass is 1700 g/mol. The third-order valence-corrected chi connectivity index (χ3v) is 22.2. The van der Waals surface area contributed by atoms with Gasteiger partial charge in [-0.25, -0.2) is 0 Å². The SMILES string of the molecule is C[C@H]1NC(=O)[C@H](CCCCNC(=O)[C@H](CCCNC(=N)N)NC(=O)[C@@H]2CCCN2C[C@@H](N)CCCCN)NC(=O)[C@@H](C)NC(=O)[C@H](CCCCNC(=O)[C@H](CCCNC(=N)N)NC(=O)[C@@H]2CCCN2C[C@@H](N)CCCCN)NC(=O)[C@@H](C)NC(=O)[C@H](CCCCNC(=O)[C@H](CCCNC(=N)N)NC(=O)[C@@H]2CCCN2C[C@@H](N)CCCCN)NC1=O. The molecule has 0 bridgehead atoms. The first kappa shape index (κ1) is 103. The molecular formula is C78H150N30O12. The van der Waals surface area contributed by atoms with Gasteiger partial charge in [0.25, 0.3) is 0 Å². The molecule has 0 aromatic carbocycles. The van der Waals surface area contributed by atoms with Crippen molar-refractivity contribution in [3.05, 3.63) is 0 Å². The number of carbonyl (C=O) groups excluding carboxylic acids is 12. The number of rotatable bonds is 54. The molecule has 4 rings (SSSR count). The predicted octanol–water partition coefficient (Wildman–Crippen LogP) is -6.17. The van der Waals surface area contributed by atoms with Crippen LogP contribution in [-0.2, 0) is 57.5 Å². The van der Waals surface area contributed by atoms with Gasteiger partial charge in [0.1, 0.15) is 54.4 Å². The quantitative estimate of drug-likeness (QED) is 0.0153. The lowest BCUT2D eigenvalue weighted by Crippen LogP contribution is -2.60. The van der Waals surface area contributed by atoms with Crippen molar-refractivity contribution >= 4 is 88.8 Å². The van der Waals surface area contributed by atoms with E-state index in [4.69, 9.17) is 67.8 Å². The molecule has 0 radical (unpaired) electrons. The van der Waals surface area contributed by atoms with E-state index in [1.54, 1.807) is 0 Å². The van der Waals surface area contributed by atoms with Crippen LogP contribution in [0.4, 0.5) is 0 Å². The van der Waals surface area contributed by atoms with Gasteiger partial charge in [-0.2, -0.15) is 0 Å². The molecule has 12 amide bonds. The molecular weight excluding hydrogens is 1550 g/mol. The number of nitrogens with one attached hydrogen (secondary N) is 18. The normalized spacial score (nSPS) is 22.6. The number of hydrogen-bond acceptors (Lipinski definition) is 24. The summed E-state index contributed by atoms with van der Waals surface area (Å²) < 4.78 is 0. The average molecular weight is 1700 g/mol. The van der Waals surface area contributed by atoms with Crippen molar-refractivity contribution in [3.63, 3.8) is 0 Å². The van der Waals surface area contributed by atoms with E-state index in [2.05, 4.69) is 79.8 Å². The molecule has 4 fully saturated rings. The van der Waals surface area contributed by atoms with Crippen molar-refractivity contribution in [1.82, 2.24) is 94.5 Å². The first-order chi connectivity index (χ1) is 57.3. The number of likely N-dealkylation sites (tertiary alicyclic amines) is 3. The molecule has 4 aliphatic heterocycles. The summed E-state index contributed by atoms with van der Waals surface area (Å²) in [7, 11) is 0. The van der Waals surface area contributed by atoms with E-state index in [9.17, 15) is 57.5 Å². The first-order valence-electron chi connectivity index (χ1n) is 43.8. The number of amides is 12. The summed E-state index contributed by atoms with van der Waals surface area (Å²) in [6.07, 6.45) is 14.1. The van der Waals surface area contributed by atoms with Crippen LogP contribution in [0.2, 0.25) is 0 Å². The highest BCUT2D eigenvalue weighted by molar-refractivity contribution is 5.98. The van der Waals surface area contributed by atoms with Crippen LogP contribution in [0.15, 0.2) is 0 Å². The molecule has 0 aromatic heterocycles. The fourth-order valence-corrected chi connectivity index (χ4v) is 15.3. The lowest BCUT2D eigenvalue weighted by Gasteiger charge is -2.28. The van der Waals surface area contributed by atoms with Crippen molar-refractivity contribution in [3.8, 4) is 0 Å². The summed E-state index contributed by atoms with van der Waals surface area (Å²) in [4.78, 5) is 176. The van der Waals surface area contributed by atoms with Gasteiger partial charge in [0.05, 0.1) is 18.1 Å². The largest absolute Gasteiger partial charge is 0.370 e. The lowest BCUT2D eigenvalue weighted by molar-refractivity contribution is -0.136. The average Bonchev–Trinajstić information content (AvgIpc) is 1.74. The molecule has 42 nitrogen and oxygen atoms in total. The van der Waals surface area contributed by atoms with Crippen molar-refractivity contribution < 1.29 is 57.5 Å². The molecule has 0 saturated carbocycles. The van der Waals surface area contributed by atoms with Gasteiger partial charge in [-0.05, 0) is 233 Å². The van der Waals surface area contributed by atoms with Gasteiger partial charge in [-0.3, -0.25) is 88.5 Å². The van der Waals surface area contributed by atoms with Crippen LogP contribution in [0.3, 0.4) is 0 Å². The van der Waals surface area contributed by atoms with Crippen LogP contribution >= 0.6 is 0 Å². The first-order valence-corrected chi connectivity index (χ1v) is 43.8. The number of nitrogens with zero attached hydrogens (tertiary/aromatic N) is 3.